The standard InChI is InChI=1S/C21H25N3O4/c1-13(21(26)23-17-6-8-19(27-3)20(12-17)28-4)22-16-5-7-18-15(11-16)9-10-24(18)14(2)25/h5-8,11-13,22H,9-10H2,1-4H3,(H,23,26). The second kappa shape index (κ2) is 8.21. The Bertz CT molecular complexity index is 897. The molecule has 3 rings (SSSR count). The topological polar surface area (TPSA) is 79.9 Å². The molecule has 0 aromatic heterocycles. The Morgan fingerprint density at radius 1 is 1.04 bits per heavy atom. The number of carbonyl (C=O) groups is 2. The van der Waals surface area contributed by atoms with E-state index in [1.807, 2.05) is 18.2 Å². The third kappa shape index (κ3) is 4.03. The van der Waals surface area contributed by atoms with Crippen LogP contribution in [-0.4, -0.2) is 38.6 Å². The van der Waals surface area contributed by atoms with Gasteiger partial charge in [0.2, 0.25) is 11.8 Å². The fourth-order valence-electron chi connectivity index (χ4n) is 3.30. The van der Waals surface area contributed by atoms with Crippen LogP contribution < -0.4 is 25.0 Å². The van der Waals surface area contributed by atoms with Gasteiger partial charge in [-0.1, -0.05) is 0 Å². The highest BCUT2D eigenvalue weighted by atomic mass is 16.5. The van der Waals surface area contributed by atoms with Gasteiger partial charge in [-0.15, -0.1) is 0 Å². The molecular formula is C21H25N3O4. The summed E-state index contributed by atoms with van der Waals surface area (Å²) >= 11 is 0. The molecule has 28 heavy (non-hydrogen) atoms. The van der Waals surface area contributed by atoms with Crippen LogP contribution >= 0.6 is 0 Å². The van der Waals surface area contributed by atoms with E-state index < -0.39 is 6.04 Å². The van der Waals surface area contributed by atoms with Crippen molar-refractivity contribution in [3.63, 3.8) is 0 Å². The molecule has 1 unspecified atom stereocenters. The molecule has 2 aromatic rings. The van der Waals surface area contributed by atoms with E-state index in [-0.39, 0.29) is 11.8 Å². The van der Waals surface area contributed by atoms with Crippen molar-refractivity contribution in [2.75, 3.05) is 36.3 Å². The molecule has 0 saturated heterocycles. The van der Waals surface area contributed by atoms with Crippen LogP contribution in [0.15, 0.2) is 36.4 Å². The molecule has 2 aromatic carbocycles. The van der Waals surface area contributed by atoms with Crippen LogP contribution in [-0.2, 0) is 16.0 Å². The van der Waals surface area contributed by atoms with E-state index >= 15 is 0 Å². The smallest absolute Gasteiger partial charge is 0.246 e. The number of benzene rings is 2. The van der Waals surface area contributed by atoms with Crippen molar-refractivity contribution in [3.05, 3.63) is 42.0 Å². The van der Waals surface area contributed by atoms with Gasteiger partial charge >= 0.3 is 0 Å². The quantitative estimate of drug-likeness (QED) is 0.801. The van der Waals surface area contributed by atoms with E-state index in [1.54, 1.807) is 51.2 Å². The van der Waals surface area contributed by atoms with Crippen LogP contribution in [0, 0.1) is 0 Å². The largest absolute Gasteiger partial charge is 0.493 e. The number of hydrogen-bond acceptors (Lipinski definition) is 5. The van der Waals surface area contributed by atoms with E-state index in [9.17, 15) is 9.59 Å². The van der Waals surface area contributed by atoms with Crippen molar-refractivity contribution in [1.82, 2.24) is 0 Å². The Kier molecular flexibility index (Phi) is 5.73. The lowest BCUT2D eigenvalue weighted by atomic mass is 10.1. The lowest BCUT2D eigenvalue weighted by Gasteiger charge is -2.18. The lowest BCUT2D eigenvalue weighted by molar-refractivity contribution is -0.117. The predicted octanol–water partition coefficient (Wildman–Crippen LogP) is 3.05. The minimum atomic E-state index is -0.448. The Hall–Kier alpha value is -3.22. The highest BCUT2D eigenvalue weighted by Crippen LogP contribution is 2.31. The van der Waals surface area contributed by atoms with Crippen LogP contribution in [0.4, 0.5) is 17.1 Å². The van der Waals surface area contributed by atoms with E-state index in [0.717, 1.165) is 23.4 Å². The van der Waals surface area contributed by atoms with Crippen LogP contribution in [0.5, 0.6) is 11.5 Å². The van der Waals surface area contributed by atoms with Crippen LogP contribution in [0.3, 0.4) is 0 Å². The lowest BCUT2D eigenvalue weighted by Crippen LogP contribution is -2.31. The molecular weight excluding hydrogens is 358 g/mol. The first kappa shape index (κ1) is 19.5. The monoisotopic (exact) mass is 383 g/mol. The maximum Gasteiger partial charge on any atom is 0.246 e. The summed E-state index contributed by atoms with van der Waals surface area (Å²) in [4.78, 5) is 26.0. The molecule has 148 valence electrons. The van der Waals surface area contributed by atoms with E-state index in [1.165, 1.54) is 0 Å². The van der Waals surface area contributed by atoms with Gasteiger partial charge in [0, 0.05) is 36.6 Å². The Balaban J connectivity index is 1.66. The Labute approximate surface area is 164 Å². The SMILES string of the molecule is COc1ccc(NC(=O)C(C)Nc2ccc3c(c2)CCN3C(C)=O)cc1OC. The first-order valence-corrected chi connectivity index (χ1v) is 9.13. The molecule has 1 heterocycles. The number of fused-ring (bicyclic) bond motifs is 1. The highest BCUT2D eigenvalue weighted by Gasteiger charge is 2.23. The number of nitrogens with one attached hydrogen (secondary N) is 2. The second-order valence-electron chi connectivity index (χ2n) is 6.69. The van der Waals surface area contributed by atoms with E-state index in [4.69, 9.17) is 9.47 Å². The molecule has 1 aliphatic heterocycles. The molecule has 0 spiro atoms. The number of hydrogen-bond donors (Lipinski definition) is 2. The number of nitrogens with zero attached hydrogens (tertiary/aromatic N) is 1. The molecule has 7 nitrogen and oxygen atoms in total. The van der Waals surface area contributed by atoms with Crippen molar-refractivity contribution in [2.45, 2.75) is 26.3 Å². The molecule has 2 N–H and O–H groups in total. The van der Waals surface area contributed by atoms with Gasteiger partial charge < -0.3 is 25.0 Å². The van der Waals surface area contributed by atoms with E-state index in [2.05, 4.69) is 10.6 Å². The Morgan fingerprint density at radius 2 is 1.75 bits per heavy atom. The van der Waals surface area contributed by atoms with Gasteiger partial charge in [0.25, 0.3) is 0 Å². The van der Waals surface area contributed by atoms with Crippen molar-refractivity contribution < 1.29 is 19.1 Å². The minimum absolute atomic E-state index is 0.0436. The van der Waals surface area contributed by atoms with Gasteiger partial charge in [-0.2, -0.15) is 0 Å². The first-order valence-electron chi connectivity index (χ1n) is 9.13. The predicted molar refractivity (Wildman–Crippen MR) is 109 cm³/mol. The molecule has 2 amide bonds. The van der Waals surface area contributed by atoms with Gasteiger partial charge in [-0.3, -0.25) is 9.59 Å². The van der Waals surface area contributed by atoms with Crippen molar-refractivity contribution in [2.24, 2.45) is 0 Å². The minimum Gasteiger partial charge on any atom is -0.493 e. The van der Waals surface area contributed by atoms with E-state index in [0.29, 0.717) is 23.7 Å². The fourth-order valence-corrected chi connectivity index (χ4v) is 3.30. The van der Waals surface area contributed by atoms with Crippen molar-refractivity contribution in [3.8, 4) is 11.5 Å². The number of rotatable bonds is 6. The number of ether oxygens (including phenoxy) is 2. The van der Waals surface area contributed by atoms with Crippen LogP contribution in [0.2, 0.25) is 0 Å². The normalized spacial score (nSPS) is 13.5. The molecule has 0 saturated carbocycles. The first-order chi connectivity index (χ1) is 13.4. The maximum atomic E-state index is 12.5. The zero-order chi connectivity index (χ0) is 20.3. The van der Waals surface area contributed by atoms with Crippen molar-refractivity contribution in [1.29, 1.82) is 0 Å². The summed E-state index contributed by atoms with van der Waals surface area (Å²) in [5.41, 5.74) is 3.52. The summed E-state index contributed by atoms with van der Waals surface area (Å²) in [6.45, 7) is 4.07. The molecule has 0 aliphatic carbocycles. The summed E-state index contributed by atoms with van der Waals surface area (Å²) in [7, 11) is 3.11. The summed E-state index contributed by atoms with van der Waals surface area (Å²) in [6, 6.07) is 10.6. The maximum absolute atomic E-state index is 12.5. The molecule has 0 radical (unpaired) electrons. The van der Waals surface area contributed by atoms with Gasteiger partial charge in [0.05, 0.1) is 14.2 Å². The molecule has 1 aliphatic rings. The summed E-state index contributed by atoms with van der Waals surface area (Å²) < 4.78 is 10.5. The average molecular weight is 383 g/mol. The zero-order valence-corrected chi connectivity index (χ0v) is 16.5. The van der Waals surface area contributed by atoms with Crippen LogP contribution in [0.1, 0.15) is 19.4 Å². The molecule has 1 atom stereocenters. The molecule has 0 fully saturated rings. The fraction of sp³-hybridized carbons (Fsp3) is 0.333. The highest BCUT2D eigenvalue weighted by molar-refractivity contribution is 5.97. The average Bonchev–Trinajstić information content (AvgIpc) is 3.11. The third-order valence-corrected chi connectivity index (χ3v) is 4.78. The van der Waals surface area contributed by atoms with Gasteiger partial charge in [0.15, 0.2) is 11.5 Å². The Morgan fingerprint density at radius 3 is 2.43 bits per heavy atom. The van der Waals surface area contributed by atoms with Gasteiger partial charge in [0.1, 0.15) is 6.04 Å². The number of carbonyl (C=O) groups excluding carboxylic acids is 2. The van der Waals surface area contributed by atoms with Crippen molar-refractivity contribution >= 4 is 28.9 Å². The summed E-state index contributed by atoms with van der Waals surface area (Å²) in [5, 5.41) is 6.09. The van der Waals surface area contributed by atoms with Crippen LogP contribution in [0.25, 0.3) is 0 Å². The molecule has 7 heteroatoms. The summed E-state index contributed by atoms with van der Waals surface area (Å²) in [5.74, 6) is 1.03. The second-order valence-corrected chi connectivity index (χ2v) is 6.69. The number of anilines is 3. The third-order valence-electron chi connectivity index (χ3n) is 4.78. The van der Waals surface area contributed by atoms with Gasteiger partial charge in [-0.25, -0.2) is 0 Å². The zero-order valence-electron chi connectivity index (χ0n) is 16.5. The van der Waals surface area contributed by atoms with Gasteiger partial charge in [-0.05, 0) is 49.2 Å². The number of methoxy groups -OCH3 is 2. The molecule has 0 bridgehead atoms. The number of amides is 2. The summed E-state index contributed by atoms with van der Waals surface area (Å²) in [6.07, 6.45) is 0.816.